The van der Waals surface area contributed by atoms with Gasteiger partial charge in [0.2, 0.25) is 0 Å². The number of fused-ring (bicyclic) bond motifs is 1. The maximum atomic E-state index is 13.3. The lowest BCUT2D eigenvalue weighted by molar-refractivity contribution is 0.584. The zero-order valence-electron chi connectivity index (χ0n) is 10.9. The van der Waals surface area contributed by atoms with Gasteiger partial charge in [0.25, 0.3) is 10.0 Å². The molecule has 0 spiro atoms. The number of hydrogen-bond donors (Lipinski definition) is 1. The number of thioether (sulfide) groups is 1. The van der Waals surface area contributed by atoms with E-state index in [-0.39, 0.29) is 4.90 Å². The van der Waals surface area contributed by atoms with Gasteiger partial charge < -0.3 is 5.73 Å². The summed E-state index contributed by atoms with van der Waals surface area (Å²) in [4.78, 5) is 4.28. The minimum absolute atomic E-state index is 0.164. The molecule has 110 valence electrons. The lowest BCUT2D eigenvalue weighted by Crippen LogP contribution is -2.35. The van der Waals surface area contributed by atoms with Crippen molar-refractivity contribution in [1.29, 1.82) is 0 Å². The minimum Gasteiger partial charge on any atom is -0.399 e. The van der Waals surface area contributed by atoms with Crippen LogP contribution in [0.2, 0.25) is 0 Å². The highest BCUT2D eigenvalue weighted by Gasteiger charge is 2.30. The standard InChI is InChI=1S/C13H12FN3O2S2/c14-9-5-11(8-16-7-9)21(18,19)17-3-4-20-13-2-1-10(15)6-12(13)17/h1-2,5-8H,3-4,15H2. The van der Waals surface area contributed by atoms with Gasteiger partial charge in [0, 0.05) is 29.1 Å². The molecule has 0 saturated carbocycles. The van der Waals surface area contributed by atoms with Crippen molar-refractivity contribution in [3.8, 4) is 0 Å². The zero-order valence-corrected chi connectivity index (χ0v) is 12.5. The molecule has 8 heteroatoms. The molecule has 0 radical (unpaired) electrons. The molecule has 1 aliphatic rings. The number of aromatic nitrogens is 1. The molecule has 0 bridgehead atoms. The number of benzene rings is 1. The van der Waals surface area contributed by atoms with Crippen LogP contribution in [0.5, 0.6) is 0 Å². The van der Waals surface area contributed by atoms with E-state index >= 15 is 0 Å². The van der Waals surface area contributed by atoms with E-state index < -0.39 is 15.8 Å². The van der Waals surface area contributed by atoms with Crippen LogP contribution in [0.25, 0.3) is 0 Å². The molecule has 2 heterocycles. The van der Waals surface area contributed by atoms with Crippen molar-refractivity contribution in [2.45, 2.75) is 9.79 Å². The second-order valence-corrected chi connectivity index (χ2v) is 7.49. The van der Waals surface area contributed by atoms with E-state index in [9.17, 15) is 12.8 Å². The first-order valence-electron chi connectivity index (χ1n) is 6.14. The van der Waals surface area contributed by atoms with Crippen LogP contribution in [-0.2, 0) is 10.0 Å². The number of nitrogens with zero attached hydrogens (tertiary/aromatic N) is 2. The van der Waals surface area contributed by atoms with Gasteiger partial charge in [-0.05, 0) is 24.3 Å². The Labute approximate surface area is 126 Å². The van der Waals surface area contributed by atoms with Crippen molar-refractivity contribution < 1.29 is 12.8 Å². The summed E-state index contributed by atoms with van der Waals surface area (Å²) in [6.45, 7) is 0.306. The van der Waals surface area contributed by atoms with E-state index in [4.69, 9.17) is 5.73 Å². The number of anilines is 2. The topological polar surface area (TPSA) is 76.3 Å². The molecule has 0 saturated heterocycles. The van der Waals surface area contributed by atoms with Gasteiger partial charge in [-0.2, -0.15) is 0 Å². The number of nitrogens with two attached hydrogens (primary N) is 1. The lowest BCUT2D eigenvalue weighted by atomic mass is 10.3. The molecular formula is C13H12FN3O2S2. The number of rotatable bonds is 2. The van der Waals surface area contributed by atoms with Crippen LogP contribution in [0.15, 0.2) is 46.5 Å². The highest BCUT2D eigenvalue weighted by Crippen LogP contribution is 2.38. The largest absolute Gasteiger partial charge is 0.399 e. The summed E-state index contributed by atoms with van der Waals surface area (Å²) in [5.74, 6) is -0.0610. The predicted molar refractivity (Wildman–Crippen MR) is 80.3 cm³/mol. The molecule has 0 atom stereocenters. The van der Waals surface area contributed by atoms with Gasteiger partial charge in [-0.15, -0.1) is 11.8 Å². The molecular weight excluding hydrogens is 313 g/mol. The first-order valence-corrected chi connectivity index (χ1v) is 8.57. The van der Waals surface area contributed by atoms with Crippen molar-refractivity contribution in [2.75, 3.05) is 22.3 Å². The maximum absolute atomic E-state index is 13.3. The van der Waals surface area contributed by atoms with E-state index in [2.05, 4.69) is 4.98 Å². The fraction of sp³-hybridized carbons (Fsp3) is 0.154. The van der Waals surface area contributed by atoms with E-state index in [0.29, 0.717) is 23.7 Å². The first kappa shape index (κ1) is 14.2. The van der Waals surface area contributed by atoms with Crippen molar-refractivity contribution in [2.24, 2.45) is 0 Å². The quantitative estimate of drug-likeness (QED) is 0.856. The van der Waals surface area contributed by atoms with Gasteiger partial charge in [-0.3, -0.25) is 9.29 Å². The highest BCUT2D eigenvalue weighted by atomic mass is 32.2. The third-order valence-electron chi connectivity index (χ3n) is 3.07. The summed E-state index contributed by atoms with van der Waals surface area (Å²) in [6, 6.07) is 6.11. The summed E-state index contributed by atoms with van der Waals surface area (Å²) in [7, 11) is -3.85. The van der Waals surface area contributed by atoms with Gasteiger partial charge in [0.1, 0.15) is 10.7 Å². The Balaban J connectivity index is 2.11. The summed E-state index contributed by atoms with van der Waals surface area (Å²) >= 11 is 1.56. The molecule has 1 aromatic carbocycles. The summed E-state index contributed by atoms with van der Waals surface area (Å²) < 4.78 is 39.9. The molecule has 0 amide bonds. The SMILES string of the molecule is Nc1ccc2c(c1)N(S(=O)(=O)c1cncc(F)c1)CCS2. The van der Waals surface area contributed by atoms with Crippen LogP contribution in [0.1, 0.15) is 0 Å². The summed E-state index contributed by atoms with van der Waals surface area (Å²) in [6.07, 6.45) is 2.11. The molecule has 21 heavy (non-hydrogen) atoms. The van der Waals surface area contributed by atoms with Gasteiger partial charge in [-0.1, -0.05) is 0 Å². The van der Waals surface area contributed by atoms with Crippen LogP contribution < -0.4 is 10.0 Å². The molecule has 0 aliphatic carbocycles. The third-order valence-corrected chi connectivity index (χ3v) is 5.89. The van der Waals surface area contributed by atoms with Crippen LogP contribution in [0.4, 0.5) is 15.8 Å². The second kappa shape index (κ2) is 5.19. The maximum Gasteiger partial charge on any atom is 0.266 e. The van der Waals surface area contributed by atoms with Crippen LogP contribution >= 0.6 is 11.8 Å². The smallest absolute Gasteiger partial charge is 0.266 e. The van der Waals surface area contributed by atoms with Crippen LogP contribution in [0.3, 0.4) is 0 Å². The monoisotopic (exact) mass is 325 g/mol. The Morgan fingerprint density at radius 3 is 2.86 bits per heavy atom. The molecule has 2 aromatic rings. The average Bonchev–Trinajstić information content (AvgIpc) is 2.46. The Morgan fingerprint density at radius 2 is 2.10 bits per heavy atom. The molecule has 2 N–H and O–H groups in total. The summed E-state index contributed by atoms with van der Waals surface area (Å²) in [5, 5.41) is 0. The van der Waals surface area contributed by atoms with Crippen LogP contribution in [0, 0.1) is 5.82 Å². The number of nitrogen functional groups attached to an aromatic ring is 1. The van der Waals surface area contributed by atoms with Crippen molar-refractivity contribution >= 4 is 33.2 Å². The fourth-order valence-electron chi connectivity index (χ4n) is 2.12. The van der Waals surface area contributed by atoms with Crippen molar-refractivity contribution in [1.82, 2.24) is 4.98 Å². The van der Waals surface area contributed by atoms with E-state index in [0.717, 1.165) is 23.4 Å². The Hall–Kier alpha value is -1.80. The molecule has 0 fully saturated rings. The third kappa shape index (κ3) is 2.56. The first-order chi connectivity index (χ1) is 9.98. The van der Waals surface area contributed by atoms with Gasteiger partial charge >= 0.3 is 0 Å². The molecule has 1 aromatic heterocycles. The van der Waals surface area contributed by atoms with E-state index in [1.54, 1.807) is 30.0 Å². The van der Waals surface area contributed by atoms with Crippen molar-refractivity contribution in [3.63, 3.8) is 0 Å². The van der Waals surface area contributed by atoms with E-state index in [1.165, 1.54) is 4.31 Å². The molecule has 1 aliphatic heterocycles. The van der Waals surface area contributed by atoms with Gasteiger partial charge in [0.05, 0.1) is 11.9 Å². The normalized spacial score (nSPS) is 14.8. The molecule has 0 unspecified atom stereocenters. The Bertz CT molecular complexity index is 796. The van der Waals surface area contributed by atoms with Crippen molar-refractivity contribution in [3.05, 3.63) is 42.5 Å². The summed E-state index contributed by atoms with van der Waals surface area (Å²) in [5.41, 5.74) is 6.75. The molecule has 5 nitrogen and oxygen atoms in total. The number of halogens is 1. The predicted octanol–water partition coefficient (Wildman–Crippen LogP) is 2.10. The Kier molecular flexibility index (Phi) is 3.50. The average molecular weight is 325 g/mol. The number of pyridine rings is 1. The van der Waals surface area contributed by atoms with Gasteiger partial charge in [0.15, 0.2) is 0 Å². The van der Waals surface area contributed by atoms with Gasteiger partial charge in [-0.25, -0.2) is 12.8 Å². The minimum atomic E-state index is -3.85. The Morgan fingerprint density at radius 1 is 1.29 bits per heavy atom. The second-order valence-electron chi connectivity index (χ2n) is 4.49. The molecule has 3 rings (SSSR count). The number of hydrogen-bond acceptors (Lipinski definition) is 5. The number of sulfonamides is 1. The van der Waals surface area contributed by atoms with E-state index in [1.807, 2.05) is 0 Å². The zero-order chi connectivity index (χ0) is 15.0. The highest BCUT2D eigenvalue weighted by molar-refractivity contribution is 8.00. The van der Waals surface area contributed by atoms with Crippen LogP contribution in [-0.4, -0.2) is 25.7 Å². The lowest BCUT2D eigenvalue weighted by Gasteiger charge is -2.30. The fourth-order valence-corrected chi connectivity index (χ4v) is 4.72.